The third kappa shape index (κ3) is 3.62. The van der Waals surface area contributed by atoms with Gasteiger partial charge in [-0.3, -0.25) is 0 Å². The number of halogens is 1. The Kier molecular flexibility index (Phi) is 5.21. The Hall–Kier alpha value is -1.32. The lowest BCUT2D eigenvalue weighted by Gasteiger charge is -2.23. The van der Waals surface area contributed by atoms with Gasteiger partial charge < -0.3 is 10.2 Å². The van der Waals surface area contributed by atoms with Crippen LogP contribution in [0.2, 0.25) is 0 Å². The van der Waals surface area contributed by atoms with E-state index in [1.165, 1.54) is 22.5 Å². The van der Waals surface area contributed by atoms with Crippen molar-refractivity contribution in [3.8, 4) is 0 Å². The lowest BCUT2D eigenvalue weighted by molar-refractivity contribution is 0.726. The first kappa shape index (κ1) is 15.1. The summed E-state index contributed by atoms with van der Waals surface area (Å²) >= 11 is 3.56. The molecule has 0 saturated carbocycles. The number of benzene rings is 2. The number of nitrogens with one attached hydrogen (secondary N) is 1. The maximum Gasteiger partial charge on any atom is 0.0454 e. The van der Waals surface area contributed by atoms with E-state index in [0.29, 0.717) is 0 Å². The minimum Gasteiger partial charge on any atom is -0.344 e. The molecule has 0 radical (unpaired) electrons. The van der Waals surface area contributed by atoms with Gasteiger partial charge in [0.1, 0.15) is 0 Å². The molecule has 0 aliphatic rings. The fourth-order valence-electron chi connectivity index (χ4n) is 2.26. The molecule has 1 N–H and O–H groups in total. The summed E-state index contributed by atoms with van der Waals surface area (Å²) in [6.45, 7) is 6.10. The summed E-state index contributed by atoms with van der Waals surface area (Å²) in [4.78, 5) is 2.24. The van der Waals surface area contributed by atoms with E-state index in [0.717, 1.165) is 17.6 Å². The highest BCUT2D eigenvalue weighted by atomic mass is 79.9. The number of rotatable bonds is 5. The van der Waals surface area contributed by atoms with E-state index in [2.05, 4.69) is 89.5 Å². The van der Waals surface area contributed by atoms with E-state index in [1.807, 2.05) is 0 Å². The normalized spacial score (nSPS) is 10.6. The Morgan fingerprint density at radius 2 is 1.95 bits per heavy atom. The SMILES string of the molecule is CCNCc1cc(Br)ccc1N(C)c1cccc(C)c1. The number of hydrogen-bond acceptors (Lipinski definition) is 2. The number of hydrogen-bond donors (Lipinski definition) is 1. The third-order valence-electron chi connectivity index (χ3n) is 3.36. The summed E-state index contributed by atoms with van der Waals surface area (Å²) < 4.78 is 1.12. The van der Waals surface area contributed by atoms with Crippen LogP contribution in [0, 0.1) is 6.92 Å². The van der Waals surface area contributed by atoms with E-state index < -0.39 is 0 Å². The molecular formula is C17H21BrN2. The molecular weight excluding hydrogens is 312 g/mol. The summed E-state index contributed by atoms with van der Waals surface area (Å²) in [6, 6.07) is 15.0. The van der Waals surface area contributed by atoms with Gasteiger partial charge >= 0.3 is 0 Å². The molecule has 106 valence electrons. The van der Waals surface area contributed by atoms with Crippen molar-refractivity contribution < 1.29 is 0 Å². The van der Waals surface area contributed by atoms with Crippen molar-refractivity contribution in [3.05, 3.63) is 58.1 Å². The smallest absolute Gasteiger partial charge is 0.0454 e. The first-order chi connectivity index (χ1) is 9.61. The fourth-order valence-corrected chi connectivity index (χ4v) is 2.67. The van der Waals surface area contributed by atoms with Crippen LogP contribution in [0.25, 0.3) is 0 Å². The molecule has 0 aliphatic carbocycles. The predicted octanol–water partition coefficient (Wildman–Crippen LogP) is 4.63. The fraction of sp³-hybridized carbons (Fsp3) is 0.294. The molecule has 2 rings (SSSR count). The number of aryl methyl sites for hydroxylation is 1. The standard InChI is InChI=1S/C17H21BrN2/c1-4-19-12-14-11-15(18)8-9-17(14)20(3)16-7-5-6-13(2)10-16/h5-11,19H,4,12H2,1-3H3. The first-order valence-electron chi connectivity index (χ1n) is 6.91. The summed E-state index contributed by atoms with van der Waals surface area (Å²) in [6.07, 6.45) is 0. The molecule has 0 amide bonds. The van der Waals surface area contributed by atoms with Crippen LogP contribution in [-0.2, 0) is 6.54 Å². The van der Waals surface area contributed by atoms with Crippen LogP contribution in [0.4, 0.5) is 11.4 Å². The van der Waals surface area contributed by atoms with Gasteiger partial charge in [0.05, 0.1) is 0 Å². The topological polar surface area (TPSA) is 15.3 Å². The monoisotopic (exact) mass is 332 g/mol. The van der Waals surface area contributed by atoms with Crippen molar-refractivity contribution in [2.45, 2.75) is 20.4 Å². The molecule has 2 nitrogen and oxygen atoms in total. The molecule has 2 aromatic carbocycles. The van der Waals surface area contributed by atoms with Crippen molar-refractivity contribution in [1.82, 2.24) is 5.32 Å². The molecule has 0 unspecified atom stereocenters. The van der Waals surface area contributed by atoms with Crippen molar-refractivity contribution in [2.75, 3.05) is 18.5 Å². The van der Waals surface area contributed by atoms with E-state index in [1.54, 1.807) is 0 Å². The second-order valence-electron chi connectivity index (χ2n) is 4.95. The van der Waals surface area contributed by atoms with Crippen molar-refractivity contribution in [3.63, 3.8) is 0 Å². The number of anilines is 2. The molecule has 2 aromatic rings. The summed E-state index contributed by atoms with van der Waals surface area (Å²) in [5, 5.41) is 3.40. The van der Waals surface area contributed by atoms with Gasteiger partial charge in [0, 0.05) is 29.4 Å². The molecule has 0 fully saturated rings. The Labute approximate surface area is 129 Å². The molecule has 0 aromatic heterocycles. The van der Waals surface area contributed by atoms with Gasteiger partial charge in [0.2, 0.25) is 0 Å². The van der Waals surface area contributed by atoms with Crippen LogP contribution < -0.4 is 10.2 Å². The summed E-state index contributed by atoms with van der Waals surface area (Å²) in [5.74, 6) is 0. The zero-order valence-electron chi connectivity index (χ0n) is 12.3. The van der Waals surface area contributed by atoms with Crippen LogP contribution >= 0.6 is 15.9 Å². The second kappa shape index (κ2) is 6.91. The average Bonchev–Trinajstić information content (AvgIpc) is 2.44. The zero-order chi connectivity index (χ0) is 14.5. The maximum absolute atomic E-state index is 3.56. The van der Waals surface area contributed by atoms with Crippen LogP contribution in [0.3, 0.4) is 0 Å². The van der Waals surface area contributed by atoms with Crippen LogP contribution in [0.5, 0.6) is 0 Å². The minimum atomic E-state index is 0.876. The van der Waals surface area contributed by atoms with Crippen LogP contribution in [-0.4, -0.2) is 13.6 Å². The average molecular weight is 333 g/mol. The largest absolute Gasteiger partial charge is 0.344 e. The lowest BCUT2D eigenvalue weighted by Crippen LogP contribution is -2.17. The molecule has 0 aliphatic heterocycles. The van der Waals surface area contributed by atoms with Gasteiger partial charge in [0.15, 0.2) is 0 Å². The van der Waals surface area contributed by atoms with Crippen molar-refractivity contribution in [1.29, 1.82) is 0 Å². The minimum absolute atomic E-state index is 0.876. The van der Waals surface area contributed by atoms with Crippen LogP contribution in [0.1, 0.15) is 18.1 Å². The van der Waals surface area contributed by atoms with E-state index >= 15 is 0 Å². The molecule has 0 bridgehead atoms. The summed E-state index contributed by atoms with van der Waals surface area (Å²) in [5.41, 5.74) is 5.02. The second-order valence-corrected chi connectivity index (χ2v) is 5.87. The molecule has 0 spiro atoms. The van der Waals surface area contributed by atoms with Gasteiger partial charge in [-0.1, -0.05) is 35.0 Å². The highest BCUT2D eigenvalue weighted by Gasteiger charge is 2.09. The molecule has 0 atom stereocenters. The lowest BCUT2D eigenvalue weighted by atomic mass is 10.1. The van der Waals surface area contributed by atoms with Gasteiger partial charge in [-0.05, 0) is 54.9 Å². The van der Waals surface area contributed by atoms with Gasteiger partial charge in [-0.15, -0.1) is 0 Å². The number of nitrogens with zero attached hydrogens (tertiary/aromatic N) is 1. The molecule has 0 saturated heterocycles. The summed E-state index contributed by atoms with van der Waals surface area (Å²) in [7, 11) is 2.12. The predicted molar refractivity (Wildman–Crippen MR) is 90.8 cm³/mol. The van der Waals surface area contributed by atoms with E-state index in [9.17, 15) is 0 Å². The highest BCUT2D eigenvalue weighted by Crippen LogP contribution is 2.29. The molecule has 20 heavy (non-hydrogen) atoms. The Morgan fingerprint density at radius 3 is 2.65 bits per heavy atom. The zero-order valence-corrected chi connectivity index (χ0v) is 13.9. The van der Waals surface area contributed by atoms with Crippen molar-refractivity contribution in [2.24, 2.45) is 0 Å². The Balaban J connectivity index is 2.35. The first-order valence-corrected chi connectivity index (χ1v) is 7.70. The van der Waals surface area contributed by atoms with Gasteiger partial charge in [0.25, 0.3) is 0 Å². The van der Waals surface area contributed by atoms with Gasteiger partial charge in [-0.2, -0.15) is 0 Å². The van der Waals surface area contributed by atoms with Gasteiger partial charge in [-0.25, -0.2) is 0 Å². The Bertz CT molecular complexity index is 581. The molecule has 3 heteroatoms. The highest BCUT2D eigenvalue weighted by molar-refractivity contribution is 9.10. The van der Waals surface area contributed by atoms with E-state index in [-0.39, 0.29) is 0 Å². The van der Waals surface area contributed by atoms with E-state index in [4.69, 9.17) is 0 Å². The maximum atomic E-state index is 3.56. The van der Waals surface area contributed by atoms with Crippen LogP contribution in [0.15, 0.2) is 46.9 Å². The third-order valence-corrected chi connectivity index (χ3v) is 3.85. The Morgan fingerprint density at radius 1 is 1.15 bits per heavy atom. The quantitative estimate of drug-likeness (QED) is 0.858. The van der Waals surface area contributed by atoms with Crippen molar-refractivity contribution >= 4 is 27.3 Å². The molecule has 0 heterocycles.